The minimum atomic E-state index is -0.337. The second-order valence-electron chi connectivity index (χ2n) is 5.51. The van der Waals surface area contributed by atoms with Gasteiger partial charge in [-0.15, -0.1) is 0 Å². The Balaban J connectivity index is 2.12. The van der Waals surface area contributed by atoms with Crippen molar-refractivity contribution in [2.75, 3.05) is 5.01 Å². The van der Waals surface area contributed by atoms with E-state index in [0.717, 1.165) is 22.0 Å². The first kappa shape index (κ1) is 14.2. The number of thiocarbonyl (C=S) groups is 1. The number of para-hydroxylation sites is 1. The predicted molar refractivity (Wildman–Crippen MR) is 93.3 cm³/mol. The molecular formula is C17H15ClN2S. The topological polar surface area (TPSA) is 15.6 Å². The molecule has 3 rings (SSSR count). The average molecular weight is 315 g/mol. The molecule has 0 fully saturated rings. The summed E-state index contributed by atoms with van der Waals surface area (Å²) in [6, 6.07) is 17.7. The Kier molecular flexibility index (Phi) is 3.56. The summed E-state index contributed by atoms with van der Waals surface area (Å²) in [5, 5.41) is 7.27. The van der Waals surface area contributed by atoms with Crippen LogP contribution < -0.4 is 5.01 Å². The van der Waals surface area contributed by atoms with E-state index in [4.69, 9.17) is 28.9 Å². The van der Waals surface area contributed by atoms with Crippen LogP contribution in [0.1, 0.15) is 19.4 Å². The quantitative estimate of drug-likeness (QED) is 0.731. The van der Waals surface area contributed by atoms with Gasteiger partial charge in [-0.25, -0.2) is 5.01 Å². The third-order valence-corrected chi connectivity index (χ3v) is 4.66. The molecule has 0 saturated carbocycles. The van der Waals surface area contributed by atoms with Crippen LogP contribution in [0.25, 0.3) is 0 Å². The van der Waals surface area contributed by atoms with Crippen molar-refractivity contribution in [3.8, 4) is 0 Å². The van der Waals surface area contributed by atoms with Gasteiger partial charge in [-0.2, -0.15) is 5.10 Å². The van der Waals surface area contributed by atoms with Crippen molar-refractivity contribution in [3.63, 3.8) is 0 Å². The maximum atomic E-state index is 6.33. The number of anilines is 1. The van der Waals surface area contributed by atoms with Crippen LogP contribution in [0.15, 0.2) is 59.7 Å². The smallest absolute Gasteiger partial charge is 0.117 e. The van der Waals surface area contributed by atoms with Gasteiger partial charge in [-0.05, 0) is 32.0 Å². The molecule has 0 saturated heterocycles. The first-order chi connectivity index (χ1) is 10.0. The monoisotopic (exact) mass is 314 g/mol. The normalized spacial score (nSPS) is 17.0. The molecule has 4 heteroatoms. The van der Waals surface area contributed by atoms with E-state index < -0.39 is 0 Å². The van der Waals surface area contributed by atoms with Gasteiger partial charge in [0.1, 0.15) is 4.99 Å². The summed E-state index contributed by atoms with van der Waals surface area (Å²) in [4.78, 5) is 0.781. The van der Waals surface area contributed by atoms with Crippen LogP contribution in [0.2, 0.25) is 5.02 Å². The molecule has 1 aliphatic rings. The number of hydrogen-bond acceptors (Lipinski definition) is 2. The van der Waals surface area contributed by atoms with E-state index in [9.17, 15) is 0 Å². The SMILES string of the molecule is CC1(C)C(=S)N(c2ccccc2)N=C1c1ccccc1Cl. The lowest BCUT2D eigenvalue weighted by Gasteiger charge is -2.23. The van der Waals surface area contributed by atoms with Crippen molar-refractivity contribution in [2.24, 2.45) is 10.5 Å². The lowest BCUT2D eigenvalue weighted by atomic mass is 9.84. The molecule has 2 aromatic carbocycles. The molecule has 0 bridgehead atoms. The number of hydrogen-bond donors (Lipinski definition) is 0. The molecule has 0 N–H and O–H groups in total. The third kappa shape index (κ3) is 2.37. The highest BCUT2D eigenvalue weighted by atomic mass is 35.5. The maximum absolute atomic E-state index is 6.33. The lowest BCUT2D eigenvalue weighted by Crippen LogP contribution is -2.33. The molecule has 1 aliphatic heterocycles. The summed E-state index contributed by atoms with van der Waals surface area (Å²) in [6.07, 6.45) is 0. The fourth-order valence-electron chi connectivity index (χ4n) is 2.42. The number of hydrazone groups is 1. The lowest BCUT2D eigenvalue weighted by molar-refractivity contribution is 0.751. The van der Waals surface area contributed by atoms with Crippen LogP contribution in [0, 0.1) is 5.41 Å². The zero-order valence-electron chi connectivity index (χ0n) is 11.9. The molecule has 0 unspecified atom stereocenters. The maximum Gasteiger partial charge on any atom is 0.117 e. The molecule has 0 atom stereocenters. The summed E-state index contributed by atoms with van der Waals surface area (Å²) < 4.78 is 0. The molecule has 0 aromatic heterocycles. The number of halogens is 1. The van der Waals surface area contributed by atoms with Crippen LogP contribution in [-0.4, -0.2) is 10.7 Å². The molecule has 2 aromatic rings. The van der Waals surface area contributed by atoms with Gasteiger partial charge in [0.15, 0.2) is 0 Å². The zero-order chi connectivity index (χ0) is 15.0. The van der Waals surface area contributed by atoms with Gasteiger partial charge in [0.25, 0.3) is 0 Å². The van der Waals surface area contributed by atoms with Crippen molar-refractivity contribution in [1.82, 2.24) is 0 Å². The Morgan fingerprint density at radius 1 is 1.00 bits per heavy atom. The van der Waals surface area contributed by atoms with E-state index in [-0.39, 0.29) is 5.41 Å². The Morgan fingerprint density at radius 3 is 2.29 bits per heavy atom. The van der Waals surface area contributed by atoms with E-state index in [0.29, 0.717) is 5.02 Å². The number of benzene rings is 2. The van der Waals surface area contributed by atoms with Gasteiger partial charge in [0.2, 0.25) is 0 Å². The zero-order valence-corrected chi connectivity index (χ0v) is 13.4. The summed E-state index contributed by atoms with van der Waals surface area (Å²) in [5.74, 6) is 0. The predicted octanol–water partition coefficient (Wildman–Crippen LogP) is 4.92. The Bertz CT molecular complexity index is 723. The fourth-order valence-corrected chi connectivity index (χ4v) is 2.89. The van der Waals surface area contributed by atoms with E-state index in [1.54, 1.807) is 0 Å². The molecule has 106 valence electrons. The van der Waals surface area contributed by atoms with Crippen LogP contribution in [0.4, 0.5) is 5.69 Å². The highest BCUT2D eigenvalue weighted by molar-refractivity contribution is 7.80. The standard InChI is InChI=1S/C17H15ClN2S/c1-17(2)15(13-10-6-7-11-14(13)18)19-20(16(17)21)12-8-4-3-5-9-12/h3-11H,1-2H3. The summed E-state index contributed by atoms with van der Waals surface area (Å²) >= 11 is 12.0. The van der Waals surface area contributed by atoms with Gasteiger partial charge in [-0.3, -0.25) is 0 Å². The van der Waals surface area contributed by atoms with Crippen molar-refractivity contribution in [2.45, 2.75) is 13.8 Å². The van der Waals surface area contributed by atoms with Gasteiger partial charge in [-0.1, -0.05) is 60.2 Å². The van der Waals surface area contributed by atoms with Crippen LogP contribution in [0.3, 0.4) is 0 Å². The number of rotatable bonds is 2. The van der Waals surface area contributed by atoms with E-state index in [1.807, 2.05) is 59.6 Å². The summed E-state index contributed by atoms with van der Waals surface area (Å²) in [5.41, 5.74) is 2.47. The van der Waals surface area contributed by atoms with Crippen LogP contribution >= 0.6 is 23.8 Å². The summed E-state index contributed by atoms with van der Waals surface area (Å²) in [7, 11) is 0. The van der Waals surface area contributed by atoms with Crippen molar-refractivity contribution < 1.29 is 0 Å². The molecule has 0 aliphatic carbocycles. The van der Waals surface area contributed by atoms with Gasteiger partial charge >= 0.3 is 0 Å². The highest BCUT2D eigenvalue weighted by Crippen LogP contribution is 2.37. The van der Waals surface area contributed by atoms with E-state index in [2.05, 4.69) is 13.8 Å². The Labute approximate surface area is 135 Å². The minimum Gasteiger partial charge on any atom is -0.226 e. The largest absolute Gasteiger partial charge is 0.226 e. The van der Waals surface area contributed by atoms with Gasteiger partial charge in [0.05, 0.1) is 16.8 Å². The Hall–Kier alpha value is -1.71. The summed E-state index contributed by atoms with van der Waals surface area (Å²) in [6.45, 7) is 4.17. The first-order valence-electron chi connectivity index (χ1n) is 6.75. The Morgan fingerprint density at radius 2 is 1.62 bits per heavy atom. The second-order valence-corrected chi connectivity index (χ2v) is 6.30. The van der Waals surface area contributed by atoms with Crippen molar-refractivity contribution in [1.29, 1.82) is 0 Å². The van der Waals surface area contributed by atoms with Crippen LogP contribution in [0.5, 0.6) is 0 Å². The molecule has 0 radical (unpaired) electrons. The van der Waals surface area contributed by atoms with E-state index >= 15 is 0 Å². The minimum absolute atomic E-state index is 0.337. The van der Waals surface area contributed by atoms with Crippen molar-refractivity contribution >= 4 is 40.2 Å². The first-order valence-corrected chi connectivity index (χ1v) is 7.54. The van der Waals surface area contributed by atoms with Gasteiger partial charge in [0, 0.05) is 10.6 Å². The second kappa shape index (κ2) is 5.24. The molecule has 1 heterocycles. The number of nitrogens with zero attached hydrogens (tertiary/aromatic N) is 2. The molecule has 21 heavy (non-hydrogen) atoms. The molecule has 2 nitrogen and oxygen atoms in total. The molecular weight excluding hydrogens is 300 g/mol. The molecule has 0 amide bonds. The van der Waals surface area contributed by atoms with Crippen LogP contribution in [-0.2, 0) is 0 Å². The fraction of sp³-hybridized carbons (Fsp3) is 0.176. The molecule has 0 spiro atoms. The average Bonchev–Trinajstić information content (AvgIpc) is 2.72. The third-order valence-electron chi connectivity index (χ3n) is 3.65. The van der Waals surface area contributed by atoms with E-state index in [1.165, 1.54) is 0 Å². The van der Waals surface area contributed by atoms with Crippen molar-refractivity contribution in [3.05, 3.63) is 65.2 Å². The van der Waals surface area contributed by atoms with Gasteiger partial charge < -0.3 is 0 Å². The highest BCUT2D eigenvalue weighted by Gasteiger charge is 2.41.